The lowest BCUT2D eigenvalue weighted by Crippen LogP contribution is -2.36. The lowest BCUT2D eigenvalue weighted by atomic mass is 10.1. The Balaban J connectivity index is 0.00000243. The minimum Gasteiger partial charge on any atom is -0.495 e. The van der Waals surface area contributed by atoms with Gasteiger partial charge in [0.15, 0.2) is 0 Å². The van der Waals surface area contributed by atoms with Gasteiger partial charge in [0.1, 0.15) is 5.75 Å². The molecule has 2 aliphatic rings. The third-order valence-electron chi connectivity index (χ3n) is 4.49. The Morgan fingerprint density at radius 1 is 1.38 bits per heavy atom. The van der Waals surface area contributed by atoms with E-state index in [9.17, 15) is 18.4 Å². The maximum absolute atomic E-state index is 13.2. The van der Waals surface area contributed by atoms with Gasteiger partial charge in [0.2, 0.25) is 11.8 Å². The first-order valence-electron chi connectivity index (χ1n) is 8.30. The number of alkyl halides is 2. The number of amides is 2. The molecule has 144 valence electrons. The minimum absolute atomic E-state index is 0. The van der Waals surface area contributed by atoms with Crippen molar-refractivity contribution < 1.29 is 23.1 Å². The zero-order valence-electron chi connectivity index (χ0n) is 14.4. The molecule has 0 radical (unpaired) electrons. The van der Waals surface area contributed by atoms with Crippen LogP contribution in [-0.4, -0.2) is 44.0 Å². The average molecular weight is 390 g/mol. The molecule has 1 aromatic carbocycles. The molecule has 2 amide bonds. The molecular weight excluding hydrogens is 368 g/mol. The van der Waals surface area contributed by atoms with Crippen molar-refractivity contribution in [2.24, 2.45) is 0 Å². The number of hydrogen-bond donors (Lipinski definition) is 2. The van der Waals surface area contributed by atoms with Crippen LogP contribution in [0, 0.1) is 0 Å². The Kier molecular flexibility index (Phi) is 6.41. The van der Waals surface area contributed by atoms with Gasteiger partial charge in [-0.05, 0) is 31.0 Å². The normalized spacial score (nSPS) is 21.9. The maximum Gasteiger partial charge on any atom is 0.262 e. The van der Waals surface area contributed by atoms with Crippen molar-refractivity contribution in [1.82, 2.24) is 5.32 Å². The smallest absolute Gasteiger partial charge is 0.262 e. The van der Waals surface area contributed by atoms with Crippen molar-refractivity contribution in [3.8, 4) is 5.75 Å². The summed E-state index contributed by atoms with van der Waals surface area (Å²) in [6, 6.07) is 4.00. The standard InChI is InChI=1S/C17H21F2N3O3.ClH/c1-25-14-6-5-11(8-13(14)22-7-3-2-4-15(22)23)21-16(24)12-9-17(18,19)10-20-12;/h5-6,8,12,20H,2-4,7,9-10H2,1H3,(H,21,24);1H. The molecule has 1 atom stereocenters. The number of hydrogen-bond acceptors (Lipinski definition) is 4. The topological polar surface area (TPSA) is 70.7 Å². The Morgan fingerprint density at radius 3 is 2.77 bits per heavy atom. The highest BCUT2D eigenvalue weighted by Gasteiger charge is 2.42. The van der Waals surface area contributed by atoms with Crippen molar-refractivity contribution in [2.45, 2.75) is 37.6 Å². The van der Waals surface area contributed by atoms with Gasteiger partial charge >= 0.3 is 0 Å². The molecule has 0 aromatic heterocycles. The first-order valence-corrected chi connectivity index (χ1v) is 8.30. The van der Waals surface area contributed by atoms with Gasteiger partial charge in [0.05, 0.1) is 25.4 Å². The zero-order chi connectivity index (χ0) is 18.0. The molecule has 2 saturated heterocycles. The number of benzene rings is 1. The van der Waals surface area contributed by atoms with Crippen LogP contribution in [0.25, 0.3) is 0 Å². The number of carbonyl (C=O) groups excluding carboxylic acids is 2. The van der Waals surface area contributed by atoms with Crippen molar-refractivity contribution in [3.05, 3.63) is 18.2 Å². The third-order valence-corrected chi connectivity index (χ3v) is 4.49. The fourth-order valence-electron chi connectivity index (χ4n) is 3.17. The number of piperidine rings is 1. The van der Waals surface area contributed by atoms with Gasteiger partial charge in [0, 0.05) is 25.1 Å². The average Bonchev–Trinajstić information content (AvgIpc) is 2.95. The summed E-state index contributed by atoms with van der Waals surface area (Å²) >= 11 is 0. The summed E-state index contributed by atoms with van der Waals surface area (Å²) in [6.07, 6.45) is 1.70. The summed E-state index contributed by atoms with van der Waals surface area (Å²) in [5.74, 6) is -2.85. The monoisotopic (exact) mass is 389 g/mol. The molecule has 3 rings (SSSR count). The summed E-state index contributed by atoms with van der Waals surface area (Å²) in [5, 5.41) is 5.16. The quantitative estimate of drug-likeness (QED) is 0.830. The van der Waals surface area contributed by atoms with Gasteiger partial charge in [-0.3, -0.25) is 14.9 Å². The van der Waals surface area contributed by atoms with Gasteiger partial charge in [0.25, 0.3) is 5.92 Å². The predicted molar refractivity (Wildman–Crippen MR) is 96.4 cm³/mol. The van der Waals surface area contributed by atoms with Crippen LogP contribution in [-0.2, 0) is 9.59 Å². The molecule has 26 heavy (non-hydrogen) atoms. The Morgan fingerprint density at radius 2 is 2.15 bits per heavy atom. The highest BCUT2D eigenvalue weighted by Crippen LogP contribution is 2.34. The number of ether oxygens (including phenoxy) is 1. The highest BCUT2D eigenvalue weighted by molar-refractivity contribution is 5.99. The van der Waals surface area contributed by atoms with Crippen LogP contribution < -0.4 is 20.3 Å². The summed E-state index contributed by atoms with van der Waals surface area (Å²) in [4.78, 5) is 26.0. The molecule has 2 fully saturated rings. The molecular formula is C17H22ClF2N3O3. The van der Waals surface area contributed by atoms with E-state index in [4.69, 9.17) is 4.74 Å². The first kappa shape index (κ1) is 20.4. The fourth-order valence-corrected chi connectivity index (χ4v) is 3.17. The van der Waals surface area contributed by atoms with Gasteiger partial charge in [-0.15, -0.1) is 12.4 Å². The van der Waals surface area contributed by atoms with Crippen LogP contribution in [0.1, 0.15) is 25.7 Å². The Hall–Kier alpha value is -1.93. The van der Waals surface area contributed by atoms with Gasteiger partial charge in [-0.2, -0.15) is 0 Å². The summed E-state index contributed by atoms with van der Waals surface area (Å²) in [6.45, 7) is 0.0875. The van der Waals surface area contributed by atoms with E-state index >= 15 is 0 Å². The van der Waals surface area contributed by atoms with E-state index in [1.54, 1.807) is 23.1 Å². The number of halogens is 3. The van der Waals surface area contributed by atoms with Crippen molar-refractivity contribution in [2.75, 3.05) is 30.4 Å². The highest BCUT2D eigenvalue weighted by atomic mass is 35.5. The SMILES string of the molecule is COc1ccc(NC(=O)C2CC(F)(F)CN2)cc1N1CCCCC1=O.Cl. The van der Waals surface area contributed by atoms with Gasteiger partial charge in [-0.1, -0.05) is 0 Å². The van der Waals surface area contributed by atoms with Gasteiger partial charge < -0.3 is 15.0 Å². The second-order valence-electron chi connectivity index (χ2n) is 6.37. The zero-order valence-corrected chi connectivity index (χ0v) is 15.2. The largest absolute Gasteiger partial charge is 0.495 e. The van der Waals surface area contributed by atoms with Crippen molar-refractivity contribution in [3.63, 3.8) is 0 Å². The lowest BCUT2D eigenvalue weighted by molar-refractivity contribution is -0.119. The van der Waals surface area contributed by atoms with Crippen molar-refractivity contribution in [1.29, 1.82) is 0 Å². The molecule has 0 bridgehead atoms. The molecule has 0 spiro atoms. The number of rotatable bonds is 4. The van der Waals surface area contributed by atoms with Crippen LogP contribution in [0.5, 0.6) is 5.75 Å². The summed E-state index contributed by atoms with van der Waals surface area (Å²) in [7, 11) is 1.51. The molecule has 0 saturated carbocycles. The van der Waals surface area contributed by atoms with E-state index in [0.717, 1.165) is 12.8 Å². The molecule has 1 unspecified atom stereocenters. The number of methoxy groups -OCH3 is 1. The van der Waals surface area contributed by atoms with Crippen LogP contribution in [0.2, 0.25) is 0 Å². The second kappa shape index (κ2) is 8.18. The van der Waals surface area contributed by atoms with Crippen LogP contribution in [0.3, 0.4) is 0 Å². The second-order valence-corrected chi connectivity index (χ2v) is 6.37. The summed E-state index contributed by atoms with van der Waals surface area (Å²) < 4.78 is 31.8. The van der Waals surface area contributed by atoms with Gasteiger partial charge in [-0.25, -0.2) is 8.78 Å². The summed E-state index contributed by atoms with van der Waals surface area (Å²) in [5.41, 5.74) is 1.02. The Labute approximate surface area is 156 Å². The molecule has 9 heteroatoms. The molecule has 2 aliphatic heterocycles. The third kappa shape index (κ3) is 4.42. The van der Waals surface area contributed by atoms with E-state index in [2.05, 4.69) is 10.6 Å². The van der Waals surface area contributed by atoms with Crippen LogP contribution in [0.15, 0.2) is 18.2 Å². The van der Waals surface area contributed by atoms with Crippen LogP contribution >= 0.6 is 12.4 Å². The minimum atomic E-state index is -2.87. The first-order chi connectivity index (χ1) is 11.9. The molecule has 2 heterocycles. The van der Waals surface area contributed by atoms with Crippen molar-refractivity contribution >= 4 is 35.6 Å². The Bertz CT molecular complexity index is 687. The number of nitrogens with zero attached hydrogens (tertiary/aromatic N) is 1. The van der Waals surface area contributed by atoms with E-state index < -0.39 is 30.8 Å². The predicted octanol–water partition coefficient (Wildman–Crippen LogP) is 2.57. The van der Waals surface area contributed by atoms with E-state index in [-0.39, 0.29) is 18.3 Å². The van der Waals surface area contributed by atoms with Crippen LogP contribution in [0.4, 0.5) is 20.2 Å². The maximum atomic E-state index is 13.2. The molecule has 1 aromatic rings. The molecule has 6 nitrogen and oxygen atoms in total. The van der Waals surface area contributed by atoms with E-state index in [0.29, 0.717) is 30.1 Å². The lowest BCUT2D eigenvalue weighted by Gasteiger charge is -2.28. The van der Waals surface area contributed by atoms with E-state index in [1.165, 1.54) is 7.11 Å². The number of anilines is 2. The molecule has 2 N–H and O–H groups in total. The number of nitrogens with one attached hydrogen (secondary N) is 2. The van der Waals surface area contributed by atoms with E-state index in [1.807, 2.05) is 0 Å². The molecule has 0 aliphatic carbocycles. The number of carbonyl (C=O) groups is 2. The fraction of sp³-hybridized carbons (Fsp3) is 0.529.